The Bertz CT molecular complexity index is 583. The van der Waals surface area contributed by atoms with E-state index in [1.54, 1.807) is 18.5 Å². The SMILES string of the molecule is Cc1nn(CCC2CCCCN2C)c(C)c1S(=O)(=O)Cl. The zero-order valence-electron chi connectivity index (χ0n) is 12.3. The Labute approximate surface area is 125 Å². The van der Waals surface area contributed by atoms with Crippen LogP contribution in [0, 0.1) is 13.8 Å². The van der Waals surface area contributed by atoms with Crippen LogP contribution in [0.5, 0.6) is 0 Å². The van der Waals surface area contributed by atoms with Gasteiger partial charge in [-0.05, 0) is 46.7 Å². The second kappa shape index (κ2) is 6.03. The molecule has 5 nitrogen and oxygen atoms in total. The maximum absolute atomic E-state index is 11.5. The van der Waals surface area contributed by atoms with Crippen LogP contribution in [0.2, 0.25) is 0 Å². The number of aryl methyl sites for hydroxylation is 2. The highest BCUT2D eigenvalue weighted by atomic mass is 35.7. The van der Waals surface area contributed by atoms with Crippen LogP contribution in [0.3, 0.4) is 0 Å². The molecule has 0 amide bonds. The second-order valence-corrected chi connectivity index (χ2v) is 8.08. The molecule has 0 aromatic carbocycles. The minimum absolute atomic E-state index is 0.163. The Kier molecular flexibility index (Phi) is 4.76. The van der Waals surface area contributed by atoms with Gasteiger partial charge >= 0.3 is 0 Å². The maximum atomic E-state index is 11.5. The van der Waals surface area contributed by atoms with E-state index in [4.69, 9.17) is 10.7 Å². The quantitative estimate of drug-likeness (QED) is 0.799. The third-order valence-electron chi connectivity index (χ3n) is 4.15. The van der Waals surface area contributed by atoms with Crippen LogP contribution in [0.15, 0.2) is 4.90 Å². The van der Waals surface area contributed by atoms with E-state index in [0.29, 0.717) is 17.4 Å². The van der Waals surface area contributed by atoms with E-state index >= 15 is 0 Å². The lowest BCUT2D eigenvalue weighted by Crippen LogP contribution is -2.36. The molecule has 0 bridgehead atoms. The summed E-state index contributed by atoms with van der Waals surface area (Å²) in [5.74, 6) is 0. The molecule has 1 aliphatic rings. The van der Waals surface area contributed by atoms with E-state index in [2.05, 4.69) is 17.0 Å². The van der Waals surface area contributed by atoms with Gasteiger partial charge in [0.1, 0.15) is 4.90 Å². The number of halogens is 1. The Morgan fingerprint density at radius 2 is 2.05 bits per heavy atom. The van der Waals surface area contributed by atoms with Gasteiger partial charge < -0.3 is 4.90 Å². The summed E-state index contributed by atoms with van der Waals surface area (Å²) in [5.41, 5.74) is 1.12. The first-order valence-electron chi connectivity index (χ1n) is 6.99. The van der Waals surface area contributed by atoms with Gasteiger partial charge in [-0.25, -0.2) is 8.42 Å². The first kappa shape index (κ1) is 15.8. The van der Waals surface area contributed by atoms with Crippen molar-refractivity contribution >= 4 is 19.7 Å². The van der Waals surface area contributed by atoms with Crippen molar-refractivity contribution < 1.29 is 8.42 Å². The van der Waals surface area contributed by atoms with Crippen LogP contribution in [0.1, 0.15) is 37.1 Å². The fraction of sp³-hybridized carbons (Fsp3) is 0.769. The Hall–Kier alpha value is -0.590. The van der Waals surface area contributed by atoms with Crippen molar-refractivity contribution in [2.24, 2.45) is 0 Å². The number of piperidine rings is 1. The second-order valence-electron chi connectivity index (χ2n) is 5.58. The molecular weight excluding hydrogens is 298 g/mol. The number of hydrogen-bond acceptors (Lipinski definition) is 4. The standard InChI is InChI=1S/C13H22ClN3O2S/c1-10-13(20(14,18)19)11(2)17(15-10)9-7-12-6-4-5-8-16(12)3/h12H,4-9H2,1-3H3. The van der Waals surface area contributed by atoms with Gasteiger partial charge in [0.15, 0.2) is 0 Å². The van der Waals surface area contributed by atoms with E-state index in [1.807, 2.05) is 0 Å². The van der Waals surface area contributed by atoms with Crippen molar-refractivity contribution in [3.05, 3.63) is 11.4 Å². The fourth-order valence-corrected chi connectivity index (χ4v) is 4.55. The number of likely N-dealkylation sites (tertiary alicyclic amines) is 1. The summed E-state index contributed by atoms with van der Waals surface area (Å²) in [6.07, 6.45) is 4.73. The zero-order chi connectivity index (χ0) is 14.9. The van der Waals surface area contributed by atoms with E-state index in [9.17, 15) is 8.42 Å². The molecule has 1 aromatic rings. The highest BCUT2D eigenvalue weighted by molar-refractivity contribution is 8.13. The molecule has 1 aliphatic heterocycles. The molecule has 7 heteroatoms. The summed E-state index contributed by atoms with van der Waals surface area (Å²) in [6.45, 7) is 5.32. The molecule has 1 aromatic heterocycles. The average Bonchev–Trinajstić information content (AvgIpc) is 2.62. The van der Waals surface area contributed by atoms with Crippen LogP contribution in [-0.2, 0) is 15.6 Å². The zero-order valence-corrected chi connectivity index (χ0v) is 13.8. The molecule has 1 atom stereocenters. The van der Waals surface area contributed by atoms with Gasteiger partial charge in [-0.3, -0.25) is 4.68 Å². The molecule has 0 spiro atoms. The number of aromatic nitrogens is 2. The molecular formula is C13H22ClN3O2S. The smallest absolute Gasteiger partial charge is 0.264 e. The molecule has 0 N–H and O–H groups in total. The van der Waals surface area contributed by atoms with Gasteiger partial charge in [0, 0.05) is 23.3 Å². The van der Waals surface area contributed by atoms with Crippen LogP contribution >= 0.6 is 10.7 Å². The van der Waals surface area contributed by atoms with Crippen molar-refractivity contribution in [1.29, 1.82) is 0 Å². The predicted molar refractivity (Wildman–Crippen MR) is 79.6 cm³/mol. The van der Waals surface area contributed by atoms with Crippen molar-refractivity contribution in [2.75, 3.05) is 13.6 Å². The van der Waals surface area contributed by atoms with Gasteiger partial charge in [0.05, 0.1) is 11.4 Å². The summed E-state index contributed by atoms with van der Waals surface area (Å²) >= 11 is 0. The van der Waals surface area contributed by atoms with Crippen molar-refractivity contribution in [1.82, 2.24) is 14.7 Å². The maximum Gasteiger partial charge on any atom is 0.264 e. The first-order chi connectivity index (χ1) is 9.30. The van der Waals surface area contributed by atoms with Gasteiger partial charge in [0.2, 0.25) is 0 Å². The van der Waals surface area contributed by atoms with E-state index in [0.717, 1.165) is 19.5 Å². The largest absolute Gasteiger partial charge is 0.303 e. The highest BCUT2D eigenvalue weighted by Crippen LogP contribution is 2.24. The van der Waals surface area contributed by atoms with Gasteiger partial charge in [0.25, 0.3) is 9.05 Å². The minimum atomic E-state index is -3.72. The van der Waals surface area contributed by atoms with Gasteiger partial charge in [-0.2, -0.15) is 5.10 Å². The first-order valence-corrected chi connectivity index (χ1v) is 9.30. The lowest BCUT2D eigenvalue weighted by molar-refractivity contribution is 0.169. The molecule has 1 unspecified atom stereocenters. The van der Waals surface area contributed by atoms with Gasteiger partial charge in [-0.1, -0.05) is 6.42 Å². The normalized spacial score (nSPS) is 21.3. The van der Waals surface area contributed by atoms with Crippen LogP contribution in [0.25, 0.3) is 0 Å². The van der Waals surface area contributed by atoms with Crippen molar-refractivity contribution in [2.45, 2.75) is 57.0 Å². The lowest BCUT2D eigenvalue weighted by Gasteiger charge is -2.32. The van der Waals surface area contributed by atoms with Gasteiger partial charge in [-0.15, -0.1) is 0 Å². The molecule has 0 saturated carbocycles. The molecule has 2 heterocycles. The predicted octanol–water partition coefficient (Wildman–Crippen LogP) is 2.30. The van der Waals surface area contributed by atoms with Crippen LogP contribution in [-0.4, -0.2) is 42.7 Å². The third-order valence-corrected chi connectivity index (χ3v) is 5.70. The van der Waals surface area contributed by atoms with Crippen LogP contribution in [0.4, 0.5) is 0 Å². The van der Waals surface area contributed by atoms with E-state index in [1.165, 1.54) is 19.3 Å². The molecule has 2 rings (SSSR count). The Balaban J connectivity index is 2.11. The molecule has 0 radical (unpaired) electrons. The van der Waals surface area contributed by atoms with E-state index < -0.39 is 9.05 Å². The highest BCUT2D eigenvalue weighted by Gasteiger charge is 2.24. The monoisotopic (exact) mass is 319 g/mol. The molecule has 1 fully saturated rings. The summed E-state index contributed by atoms with van der Waals surface area (Å²) in [4.78, 5) is 2.55. The average molecular weight is 320 g/mol. The topological polar surface area (TPSA) is 55.2 Å². The Morgan fingerprint density at radius 3 is 2.60 bits per heavy atom. The molecule has 114 valence electrons. The number of hydrogen-bond donors (Lipinski definition) is 0. The summed E-state index contributed by atoms with van der Waals surface area (Å²) in [5, 5.41) is 4.32. The number of rotatable bonds is 4. The summed E-state index contributed by atoms with van der Waals surface area (Å²) in [6, 6.07) is 0.559. The summed E-state index contributed by atoms with van der Waals surface area (Å²) < 4.78 is 24.9. The summed E-state index contributed by atoms with van der Waals surface area (Å²) in [7, 11) is 3.90. The third kappa shape index (κ3) is 3.35. The van der Waals surface area contributed by atoms with Crippen molar-refractivity contribution in [3.63, 3.8) is 0 Å². The molecule has 1 saturated heterocycles. The van der Waals surface area contributed by atoms with E-state index in [-0.39, 0.29) is 4.90 Å². The number of nitrogens with zero attached hydrogens (tertiary/aromatic N) is 3. The molecule has 20 heavy (non-hydrogen) atoms. The molecule has 0 aliphatic carbocycles. The van der Waals surface area contributed by atoms with Crippen LogP contribution < -0.4 is 0 Å². The Morgan fingerprint density at radius 1 is 1.35 bits per heavy atom. The fourth-order valence-electron chi connectivity index (χ4n) is 3.03. The lowest BCUT2D eigenvalue weighted by atomic mass is 10.0. The van der Waals surface area contributed by atoms with Crippen molar-refractivity contribution in [3.8, 4) is 0 Å². The minimum Gasteiger partial charge on any atom is -0.303 e.